The Kier molecular flexibility index (Phi) is 5.46. The molecule has 0 amide bonds. The first-order valence-electron chi connectivity index (χ1n) is 7.76. The van der Waals surface area contributed by atoms with Gasteiger partial charge in [0.05, 0.1) is 18.2 Å². The van der Waals surface area contributed by atoms with Crippen molar-refractivity contribution in [2.24, 2.45) is 0 Å². The third kappa shape index (κ3) is 3.65. The number of rotatable bonds is 7. The molecule has 0 aliphatic carbocycles. The number of aromatic carboxylic acids is 1. The average Bonchev–Trinajstić information content (AvgIpc) is 2.92. The standard InChI is InChI=1S/C18H20O7/c1-9(5-7-13(19)20)4-6-11-14(17(21)22)15-12(8-25-18(15)23)10(2)16(11)24-3/h4H,5-8H2,1-3H3,(H,19,20)(H,21,22)/p-1/b9-4+. The summed E-state index contributed by atoms with van der Waals surface area (Å²) in [5.41, 5.74) is 2.30. The summed E-state index contributed by atoms with van der Waals surface area (Å²) in [7, 11) is 1.44. The van der Waals surface area contributed by atoms with Crippen LogP contribution in [-0.4, -0.2) is 30.1 Å². The molecule has 134 valence electrons. The molecule has 0 bridgehead atoms. The number of benzene rings is 1. The summed E-state index contributed by atoms with van der Waals surface area (Å²) in [5, 5.41) is 20.2. The minimum Gasteiger partial charge on any atom is -0.550 e. The molecule has 2 rings (SSSR count). The van der Waals surface area contributed by atoms with Crippen LogP contribution in [0.4, 0.5) is 0 Å². The molecule has 0 saturated carbocycles. The third-order valence-electron chi connectivity index (χ3n) is 4.27. The van der Waals surface area contributed by atoms with Crippen LogP contribution in [0.2, 0.25) is 0 Å². The van der Waals surface area contributed by atoms with Gasteiger partial charge in [0.1, 0.15) is 12.4 Å². The van der Waals surface area contributed by atoms with Gasteiger partial charge in [-0.2, -0.15) is 0 Å². The fraction of sp³-hybridized carbons (Fsp3) is 0.389. The lowest BCUT2D eigenvalue weighted by molar-refractivity contribution is -0.305. The van der Waals surface area contributed by atoms with E-state index in [9.17, 15) is 24.6 Å². The Bertz CT molecular complexity index is 774. The highest BCUT2D eigenvalue weighted by Crippen LogP contribution is 2.38. The van der Waals surface area contributed by atoms with E-state index in [0.29, 0.717) is 28.9 Å². The topological polar surface area (TPSA) is 113 Å². The number of carboxylic acid groups (broad SMARTS) is 2. The zero-order valence-electron chi connectivity index (χ0n) is 14.3. The van der Waals surface area contributed by atoms with Crippen LogP contribution in [0.25, 0.3) is 0 Å². The molecule has 1 aromatic rings. The van der Waals surface area contributed by atoms with E-state index in [-0.39, 0.29) is 30.6 Å². The summed E-state index contributed by atoms with van der Waals surface area (Å²) in [5.74, 6) is -2.63. The first kappa shape index (κ1) is 18.5. The highest BCUT2D eigenvalue weighted by Gasteiger charge is 2.34. The van der Waals surface area contributed by atoms with Gasteiger partial charge in [-0.05, 0) is 38.7 Å². The zero-order chi connectivity index (χ0) is 18.7. The molecule has 1 N–H and O–H groups in total. The van der Waals surface area contributed by atoms with Crippen LogP contribution in [0, 0.1) is 6.92 Å². The Balaban J connectivity index is 2.53. The monoisotopic (exact) mass is 347 g/mol. The number of aliphatic carboxylic acids is 1. The zero-order valence-corrected chi connectivity index (χ0v) is 14.3. The Morgan fingerprint density at radius 3 is 2.60 bits per heavy atom. The van der Waals surface area contributed by atoms with Crippen molar-refractivity contribution in [2.75, 3.05) is 7.11 Å². The fourth-order valence-electron chi connectivity index (χ4n) is 2.97. The van der Waals surface area contributed by atoms with E-state index in [1.807, 2.05) is 0 Å². The number of cyclic esters (lactones) is 1. The van der Waals surface area contributed by atoms with E-state index in [1.54, 1.807) is 19.9 Å². The van der Waals surface area contributed by atoms with E-state index >= 15 is 0 Å². The molecule has 0 atom stereocenters. The van der Waals surface area contributed by atoms with Crippen molar-refractivity contribution in [1.82, 2.24) is 0 Å². The molecule has 0 aromatic heterocycles. The number of carboxylic acids is 2. The highest BCUT2D eigenvalue weighted by molar-refractivity contribution is 6.07. The number of methoxy groups -OCH3 is 1. The number of esters is 1. The Labute approximate surface area is 144 Å². The minimum absolute atomic E-state index is 0.0252. The van der Waals surface area contributed by atoms with Crippen LogP contribution < -0.4 is 9.84 Å². The summed E-state index contributed by atoms with van der Waals surface area (Å²) in [6.07, 6.45) is 2.13. The maximum Gasteiger partial charge on any atom is 0.339 e. The van der Waals surface area contributed by atoms with Crippen molar-refractivity contribution in [2.45, 2.75) is 39.7 Å². The minimum atomic E-state index is -1.23. The first-order chi connectivity index (χ1) is 11.8. The van der Waals surface area contributed by atoms with E-state index in [1.165, 1.54) is 7.11 Å². The number of hydrogen-bond donors (Lipinski definition) is 1. The summed E-state index contributed by atoms with van der Waals surface area (Å²) in [6, 6.07) is 0. The summed E-state index contributed by atoms with van der Waals surface area (Å²) in [6.45, 7) is 3.53. The molecule has 1 aromatic carbocycles. The predicted molar refractivity (Wildman–Crippen MR) is 85.5 cm³/mol. The molecular formula is C18H19O7-. The summed E-state index contributed by atoms with van der Waals surface area (Å²) >= 11 is 0. The highest BCUT2D eigenvalue weighted by atomic mass is 16.5. The number of hydrogen-bond acceptors (Lipinski definition) is 6. The molecule has 1 aliphatic rings. The summed E-state index contributed by atoms with van der Waals surface area (Å²) < 4.78 is 10.4. The van der Waals surface area contributed by atoms with Crippen molar-refractivity contribution >= 4 is 17.9 Å². The maximum absolute atomic E-state index is 12.0. The predicted octanol–water partition coefficient (Wildman–Crippen LogP) is 1.39. The molecule has 0 saturated heterocycles. The van der Waals surface area contributed by atoms with Crippen LogP contribution in [0.3, 0.4) is 0 Å². The Morgan fingerprint density at radius 2 is 2.04 bits per heavy atom. The van der Waals surface area contributed by atoms with Gasteiger partial charge in [0.15, 0.2) is 0 Å². The van der Waals surface area contributed by atoms with Gasteiger partial charge in [0, 0.05) is 17.1 Å². The van der Waals surface area contributed by atoms with Crippen molar-refractivity contribution in [3.8, 4) is 5.75 Å². The molecule has 25 heavy (non-hydrogen) atoms. The molecule has 1 heterocycles. The number of fused-ring (bicyclic) bond motifs is 1. The van der Waals surface area contributed by atoms with Gasteiger partial charge < -0.3 is 24.5 Å². The van der Waals surface area contributed by atoms with Crippen molar-refractivity contribution in [3.63, 3.8) is 0 Å². The largest absolute Gasteiger partial charge is 0.550 e. The number of ether oxygens (including phenoxy) is 2. The summed E-state index contributed by atoms with van der Waals surface area (Å²) in [4.78, 5) is 34.3. The maximum atomic E-state index is 12.0. The van der Waals surface area contributed by atoms with E-state index in [4.69, 9.17) is 9.47 Å². The van der Waals surface area contributed by atoms with Crippen LogP contribution in [0.5, 0.6) is 5.75 Å². The molecule has 0 radical (unpaired) electrons. The quantitative estimate of drug-likeness (QED) is 0.586. The molecule has 7 heteroatoms. The second-order valence-electron chi connectivity index (χ2n) is 5.87. The van der Waals surface area contributed by atoms with Crippen LogP contribution in [-0.2, 0) is 22.6 Å². The van der Waals surface area contributed by atoms with Gasteiger partial charge >= 0.3 is 11.9 Å². The lowest BCUT2D eigenvalue weighted by atomic mass is 9.90. The van der Waals surface area contributed by atoms with Gasteiger partial charge in [-0.3, -0.25) is 0 Å². The van der Waals surface area contributed by atoms with Gasteiger partial charge in [-0.1, -0.05) is 11.6 Å². The van der Waals surface area contributed by atoms with Crippen molar-refractivity contribution in [3.05, 3.63) is 39.5 Å². The van der Waals surface area contributed by atoms with Gasteiger partial charge in [0.2, 0.25) is 0 Å². The van der Waals surface area contributed by atoms with Crippen molar-refractivity contribution in [1.29, 1.82) is 0 Å². The van der Waals surface area contributed by atoms with Crippen LogP contribution in [0.15, 0.2) is 11.6 Å². The lowest BCUT2D eigenvalue weighted by Gasteiger charge is -2.17. The first-order valence-corrected chi connectivity index (χ1v) is 7.76. The van der Waals surface area contributed by atoms with Gasteiger partial charge in [-0.15, -0.1) is 0 Å². The van der Waals surface area contributed by atoms with Gasteiger partial charge in [-0.25, -0.2) is 9.59 Å². The number of carbonyl (C=O) groups excluding carboxylic acids is 2. The molecule has 0 unspecified atom stereocenters. The second-order valence-corrected chi connectivity index (χ2v) is 5.87. The Hall–Kier alpha value is -2.83. The van der Waals surface area contributed by atoms with E-state index < -0.39 is 17.9 Å². The smallest absolute Gasteiger partial charge is 0.339 e. The normalized spacial score (nSPS) is 13.4. The lowest BCUT2D eigenvalue weighted by Crippen LogP contribution is -2.21. The molecule has 1 aliphatic heterocycles. The molecule has 0 spiro atoms. The molecule has 0 fully saturated rings. The van der Waals surface area contributed by atoms with Crippen molar-refractivity contribution < 1.29 is 34.1 Å². The van der Waals surface area contributed by atoms with Gasteiger partial charge in [0.25, 0.3) is 0 Å². The molecule has 7 nitrogen and oxygen atoms in total. The SMILES string of the molecule is COc1c(C)c2c(c(C(=O)O)c1C/C=C(\C)CCC(=O)[O-])C(=O)OC2. The van der Waals surface area contributed by atoms with Crippen LogP contribution in [0.1, 0.15) is 57.2 Å². The van der Waals surface area contributed by atoms with Crippen LogP contribution >= 0.6 is 0 Å². The van der Waals surface area contributed by atoms with E-state index in [2.05, 4.69) is 0 Å². The fourth-order valence-corrected chi connectivity index (χ4v) is 2.97. The average molecular weight is 347 g/mol. The Morgan fingerprint density at radius 1 is 1.36 bits per heavy atom. The third-order valence-corrected chi connectivity index (χ3v) is 4.27. The van der Waals surface area contributed by atoms with E-state index in [0.717, 1.165) is 5.57 Å². The second kappa shape index (κ2) is 7.38. The molecular weight excluding hydrogens is 328 g/mol. The number of carbonyl (C=O) groups is 3. The number of allylic oxidation sites excluding steroid dienone is 2.